The van der Waals surface area contributed by atoms with E-state index in [9.17, 15) is 4.79 Å². The van der Waals surface area contributed by atoms with E-state index >= 15 is 0 Å². The normalized spacial score (nSPS) is 10.1. The zero-order valence-corrected chi connectivity index (χ0v) is 13.3. The summed E-state index contributed by atoms with van der Waals surface area (Å²) >= 11 is 6.07. The molecule has 0 unspecified atom stereocenters. The molecule has 0 aliphatic heterocycles. The molecule has 0 saturated carbocycles. The molecule has 22 heavy (non-hydrogen) atoms. The maximum absolute atomic E-state index is 12.1. The van der Waals surface area contributed by atoms with E-state index in [1.807, 2.05) is 18.2 Å². The fourth-order valence-corrected chi connectivity index (χ4v) is 2.33. The van der Waals surface area contributed by atoms with Crippen molar-refractivity contribution in [1.29, 1.82) is 0 Å². The van der Waals surface area contributed by atoms with Gasteiger partial charge in [0.2, 0.25) is 0 Å². The van der Waals surface area contributed by atoms with Crippen LogP contribution in [0.5, 0.6) is 11.5 Å². The van der Waals surface area contributed by atoms with Gasteiger partial charge in [0.1, 0.15) is 11.5 Å². The topological polar surface area (TPSA) is 47.6 Å². The van der Waals surface area contributed by atoms with Crippen LogP contribution in [0.4, 0.5) is 0 Å². The van der Waals surface area contributed by atoms with Gasteiger partial charge in [-0.15, -0.1) is 0 Å². The summed E-state index contributed by atoms with van der Waals surface area (Å²) < 4.78 is 10.2. The first kappa shape index (κ1) is 16.2. The minimum absolute atomic E-state index is 0.126. The average Bonchev–Trinajstić information content (AvgIpc) is 2.55. The van der Waals surface area contributed by atoms with Crippen molar-refractivity contribution in [3.63, 3.8) is 0 Å². The largest absolute Gasteiger partial charge is 0.497 e. The summed E-state index contributed by atoms with van der Waals surface area (Å²) in [6.45, 7) is 0.526. The van der Waals surface area contributed by atoms with Gasteiger partial charge in [-0.1, -0.05) is 23.7 Å². The zero-order valence-electron chi connectivity index (χ0n) is 12.6. The van der Waals surface area contributed by atoms with Gasteiger partial charge in [-0.3, -0.25) is 4.79 Å². The number of carbonyl (C=O) groups excluding carboxylic acids is 1. The molecule has 1 N–H and O–H groups in total. The second kappa shape index (κ2) is 7.71. The molecule has 0 bridgehead atoms. The molecule has 0 radical (unpaired) electrons. The predicted octanol–water partition coefficient (Wildman–Crippen LogP) is 3.33. The van der Waals surface area contributed by atoms with Crippen molar-refractivity contribution >= 4 is 17.5 Å². The highest BCUT2D eigenvalue weighted by molar-refractivity contribution is 6.32. The summed E-state index contributed by atoms with van der Waals surface area (Å²) in [6, 6.07) is 12.6. The number of hydrogen-bond donors (Lipinski definition) is 1. The lowest BCUT2D eigenvalue weighted by Crippen LogP contribution is -2.25. The van der Waals surface area contributed by atoms with Crippen LogP contribution in [0.25, 0.3) is 0 Å². The molecule has 2 rings (SSSR count). The Hall–Kier alpha value is -2.20. The fraction of sp³-hybridized carbons (Fsp3) is 0.235. The van der Waals surface area contributed by atoms with Crippen molar-refractivity contribution in [2.24, 2.45) is 0 Å². The maximum atomic E-state index is 12.1. The zero-order chi connectivity index (χ0) is 15.9. The van der Waals surface area contributed by atoms with E-state index in [0.717, 1.165) is 5.56 Å². The number of carbonyl (C=O) groups is 1. The number of rotatable bonds is 6. The molecule has 0 atom stereocenters. The van der Waals surface area contributed by atoms with Gasteiger partial charge in [0, 0.05) is 12.1 Å². The third-order valence-electron chi connectivity index (χ3n) is 3.25. The Kier molecular flexibility index (Phi) is 5.67. The number of amides is 1. The van der Waals surface area contributed by atoms with Crippen LogP contribution in [-0.2, 0) is 6.42 Å². The Labute approximate surface area is 135 Å². The molecular weight excluding hydrogens is 302 g/mol. The van der Waals surface area contributed by atoms with Crippen molar-refractivity contribution in [3.05, 3.63) is 58.6 Å². The lowest BCUT2D eigenvalue weighted by atomic mass is 10.1. The lowest BCUT2D eigenvalue weighted by Gasteiger charge is -2.08. The molecule has 0 saturated heterocycles. The Morgan fingerprint density at radius 1 is 1.14 bits per heavy atom. The number of hydrogen-bond acceptors (Lipinski definition) is 3. The van der Waals surface area contributed by atoms with Crippen molar-refractivity contribution in [2.45, 2.75) is 6.42 Å². The summed E-state index contributed by atoms with van der Waals surface area (Å²) in [5, 5.41) is 3.45. The molecule has 0 fully saturated rings. The third kappa shape index (κ3) is 4.15. The van der Waals surface area contributed by atoms with Crippen LogP contribution in [0.2, 0.25) is 5.02 Å². The van der Waals surface area contributed by atoms with Gasteiger partial charge < -0.3 is 14.8 Å². The first-order valence-electron chi connectivity index (χ1n) is 6.88. The van der Waals surface area contributed by atoms with Gasteiger partial charge in [0.15, 0.2) is 0 Å². The third-order valence-corrected chi connectivity index (χ3v) is 3.54. The minimum atomic E-state index is -0.126. The second-order valence-electron chi connectivity index (χ2n) is 4.71. The summed E-state index contributed by atoms with van der Waals surface area (Å²) in [5.41, 5.74) is 1.61. The van der Waals surface area contributed by atoms with Crippen LogP contribution in [0.3, 0.4) is 0 Å². The Bertz CT molecular complexity index is 658. The van der Waals surface area contributed by atoms with Gasteiger partial charge in [0.05, 0.1) is 19.2 Å². The maximum Gasteiger partial charge on any atom is 0.251 e. The Morgan fingerprint density at radius 3 is 2.64 bits per heavy atom. The first-order chi connectivity index (χ1) is 10.6. The SMILES string of the molecule is COc1cccc(C(=O)NCCc2ccc(OC)c(Cl)c2)c1. The van der Waals surface area contributed by atoms with Gasteiger partial charge in [-0.2, -0.15) is 0 Å². The molecule has 0 heterocycles. The highest BCUT2D eigenvalue weighted by atomic mass is 35.5. The monoisotopic (exact) mass is 319 g/mol. The number of halogens is 1. The quantitative estimate of drug-likeness (QED) is 0.888. The minimum Gasteiger partial charge on any atom is -0.497 e. The van der Waals surface area contributed by atoms with Crippen LogP contribution < -0.4 is 14.8 Å². The molecule has 116 valence electrons. The average molecular weight is 320 g/mol. The molecule has 0 aromatic heterocycles. The van der Waals surface area contributed by atoms with E-state index in [1.165, 1.54) is 0 Å². The van der Waals surface area contributed by atoms with Crippen LogP contribution >= 0.6 is 11.6 Å². The molecule has 0 aliphatic rings. The Balaban J connectivity index is 1.90. The smallest absolute Gasteiger partial charge is 0.251 e. The summed E-state index contributed by atoms with van der Waals surface area (Å²) in [5.74, 6) is 1.18. The molecule has 0 aliphatic carbocycles. The van der Waals surface area contributed by atoms with Crippen molar-refractivity contribution in [1.82, 2.24) is 5.32 Å². The van der Waals surface area contributed by atoms with Crippen LogP contribution in [-0.4, -0.2) is 26.7 Å². The van der Waals surface area contributed by atoms with E-state index in [2.05, 4.69) is 5.32 Å². The molecule has 4 nitrogen and oxygen atoms in total. The number of benzene rings is 2. The molecule has 0 spiro atoms. The number of nitrogens with one attached hydrogen (secondary N) is 1. The van der Waals surface area contributed by atoms with Gasteiger partial charge >= 0.3 is 0 Å². The van der Waals surface area contributed by atoms with E-state index in [-0.39, 0.29) is 5.91 Å². The van der Waals surface area contributed by atoms with Crippen LogP contribution in [0.15, 0.2) is 42.5 Å². The predicted molar refractivity (Wildman–Crippen MR) is 87.0 cm³/mol. The van der Waals surface area contributed by atoms with Crippen LogP contribution in [0, 0.1) is 0 Å². The standard InChI is InChI=1S/C17H18ClNO3/c1-21-14-5-3-4-13(11-14)17(20)19-9-8-12-6-7-16(22-2)15(18)10-12/h3-7,10-11H,8-9H2,1-2H3,(H,19,20). The van der Waals surface area contributed by atoms with Gasteiger partial charge in [-0.05, 0) is 42.3 Å². The van der Waals surface area contributed by atoms with Gasteiger partial charge in [-0.25, -0.2) is 0 Å². The van der Waals surface area contributed by atoms with Crippen molar-refractivity contribution in [2.75, 3.05) is 20.8 Å². The van der Waals surface area contributed by atoms with Gasteiger partial charge in [0.25, 0.3) is 5.91 Å². The lowest BCUT2D eigenvalue weighted by molar-refractivity contribution is 0.0954. The van der Waals surface area contributed by atoms with E-state index in [1.54, 1.807) is 38.5 Å². The summed E-state index contributed by atoms with van der Waals surface area (Å²) in [7, 11) is 3.15. The molecule has 2 aromatic carbocycles. The Morgan fingerprint density at radius 2 is 1.95 bits per heavy atom. The van der Waals surface area contributed by atoms with Crippen LogP contribution in [0.1, 0.15) is 15.9 Å². The van der Waals surface area contributed by atoms with E-state index < -0.39 is 0 Å². The summed E-state index contributed by atoms with van der Waals surface area (Å²) in [6.07, 6.45) is 0.694. The number of methoxy groups -OCH3 is 2. The molecule has 2 aromatic rings. The van der Waals surface area contributed by atoms with Crippen molar-refractivity contribution < 1.29 is 14.3 Å². The highest BCUT2D eigenvalue weighted by Gasteiger charge is 2.07. The van der Waals surface area contributed by atoms with Crippen molar-refractivity contribution in [3.8, 4) is 11.5 Å². The molecular formula is C17H18ClNO3. The second-order valence-corrected chi connectivity index (χ2v) is 5.11. The number of ether oxygens (including phenoxy) is 2. The van der Waals surface area contributed by atoms with E-state index in [0.29, 0.717) is 35.1 Å². The van der Waals surface area contributed by atoms with E-state index in [4.69, 9.17) is 21.1 Å². The summed E-state index contributed by atoms with van der Waals surface area (Å²) in [4.78, 5) is 12.1. The first-order valence-corrected chi connectivity index (χ1v) is 7.26. The molecule has 1 amide bonds. The molecule has 5 heteroatoms. The fourth-order valence-electron chi connectivity index (χ4n) is 2.05. The highest BCUT2D eigenvalue weighted by Crippen LogP contribution is 2.24.